The van der Waals surface area contributed by atoms with Gasteiger partial charge in [-0.25, -0.2) is 4.79 Å². The molecule has 3 nitrogen and oxygen atoms in total. The molecule has 0 fully saturated rings. The summed E-state index contributed by atoms with van der Waals surface area (Å²) in [6, 6.07) is -0.170. The van der Waals surface area contributed by atoms with E-state index >= 15 is 0 Å². The van der Waals surface area contributed by atoms with Crippen LogP contribution in [0.15, 0.2) is 11.1 Å². The van der Waals surface area contributed by atoms with E-state index in [1.54, 1.807) is 20.8 Å². The van der Waals surface area contributed by atoms with Crippen molar-refractivity contribution in [3.8, 4) is 0 Å². The maximum atomic E-state index is 10.3. The molecule has 0 aromatic carbocycles. The lowest BCUT2D eigenvalue weighted by Crippen LogP contribution is -2.19. The molecule has 0 rings (SSSR count). The lowest BCUT2D eigenvalue weighted by atomic mass is 10.1. The standard InChI is InChI=1S/C7H13NO2/c1-4(6(3)8)5(2)7(9)10/h6H,8H2,1-3H3,(H,9,10). The maximum Gasteiger partial charge on any atom is 0.331 e. The smallest absolute Gasteiger partial charge is 0.331 e. The summed E-state index contributed by atoms with van der Waals surface area (Å²) in [4.78, 5) is 10.3. The lowest BCUT2D eigenvalue weighted by Gasteiger charge is -2.06. The number of nitrogens with two attached hydrogens (primary N) is 1. The number of carboxylic acids is 1. The molecule has 0 saturated heterocycles. The van der Waals surface area contributed by atoms with E-state index in [9.17, 15) is 4.79 Å². The van der Waals surface area contributed by atoms with E-state index in [-0.39, 0.29) is 6.04 Å². The van der Waals surface area contributed by atoms with Gasteiger partial charge in [0.1, 0.15) is 0 Å². The number of rotatable bonds is 2. The summed E-state index contributed by atoms with van der Waals surface area (Å²) in [6.45, 7) is 5.05. The third kappa shape index (κ3) is 2.19. The molecule has 3 N–H and O–H groups in total. The van der Waals surface area contributed by atoms with Crippen molar-refractivity contribution in [2.45, 2.75) is 26.8 Å². The van der Waals surface area contributed by atoms with Crippen LogP contribution < -0.4 is 5.73 Å². The first-order valence-corrected chi connectivity index (χ1v) is 3.13. The minimum atomic E-state index is -0.894. The van der Waals surface area contributed by atoms with Crippen molar-refractivity contribution in [3.05, 3.63) is 11.1 Å². The Morgan fingerprint density at radius 2 is 1.90 bits per heavy atom. The number of aliphatic carboxylic acids is 1. The van der Waals surface area contributed by atoms with Gasteiger partial charge in [0.05, 0.1) is 0 Å². The molecular formula is C7H13NO2. The van der Waals surface area contributed by atoms with Crippen molar-refractivity contribution >= 4 is 5.97 Å². The van der Waals surface area contributed by atoms with Gasteiger partial charge in [0, 0.05) is 11.6 Å². The van der Waals surface area contributed by atoms with Crippen LogP contribution in [-0.4, -0.2) is 17.1 Å². The Morgan fingerprint density at radius 1 is 1.50 bits per heavy atom. The second kappa shape index (κ2) is 3.37. The maximum absolute atomic E-state index is 10.3. The summed E-state index contributed by atoms with van der Waals surface area (Å²) in [5.74, 6) is -0.894. The van der Waals surface area contributed by atoms with Crippen LogP contribution in [0.1, 0.15) is 20.8 Å². The predicted molar refractivity (Wildman–Crippen MR) is 39.7 cm³/mol. The zero-order chi connectivity index (χ0) is 8.31. The Kier molecular flexibility index (Phi) is 3.09. The Balaban J connectivity index is 4.50. The highest BCUT2D eigenvalue weighted by atomic mass is 16.4. The number of hydrogen-bond acceptors (Lipinski definition) is 2. The van der Waals surface area contributed by atoms with Crippen LogP contribution in [-0.2, 0) is 4.79 Å². The van der Waals surface area contributed by atoms with Gasteiger partial charge in [0.25, 0.3) is 0 Å². The summed E-state index contributed by atoms with van der Waals surface area (Å²) >= 11 is 0. The molecule has 0 saturated carbocycles. The van der Waals surface area contributed by atoms with Gasteiger partial charge in [0.15, 0.2) is 0 Å². The van der Waals surface area contributed by atoms with Crippen molar-refractivity contribution in [1.82, 2.24) is 0 Å². The first-order chi connectivity index (χ1) is 4.46. The molecule has 0 heterocycles. The fourth-order valence-electron chi connectivity index (χ4n) is 0.510. The quantitative estimate of drug-likeness (QED) is 0.561. The minimum Gasteiger partial charge on any atom is -0.478 e. The molecule has 0 aliphatic rings. The molecule has 0 aliphatic heterocycles. The molecule has 0 aromatic heterocycles. The van der Waals surface area contributed by atoms with E-state index in [0.717, 1.165) is 5.57 Å². The predicted octanol–water partition coefficient (Wildman–Crippen LogP) is 0.755. The van der Waals surface area contributed by atoms with Gasteiger partial charge in [-0.2, -0.15) is 0 Å². The van der Waals surface area contributed by atoms with Crippen LogP contribution in [0.25, 0.3) is 0 Å². The second-order valence-electron chi connectivity index (χ2n) is 2.40. The van der Waals surface area contributed by atoms with Crippen molar-refractivity contribution in [3.63, 3.8) is 0 Å². The zero-order valence-electron chi connectivity index (χ0n) is 6.51. The normalized spacial score (nSPS) is 16.0. The summed E-state index contributed by atoms with van der Waals surface area (Å²) in [6.07, 6.45) is 0. The van der Waals surface area contributed by atoms with Crippen LogP contribution in [0.3, 0.4) is 0 Å². The SMILES string of the molecule is CC(C(=O)O)=C(C)C(C)N. The topological polar surface area (TPSA) is 63.3 Å². The first kappa shape index (κ1) is 9.17. The molecule has 0 radical (unpaired) electrons. The van der Waals surface area contributed by atoms with Gasteiger partial charge in [-0.1, -0.05) is 0 Å². The van der Waals surface area contributed by atoms with Crippen LogP contribution in [0, 0.1) is 0 Å². The van der Waals surface area contributed by atoms with Crippen LogP contribution in [0.2, 0.25) is 0 Å². The lowest BCUT2D eigenvalue weighted by molar-refractivity contribution is -0.132. The Morgan fingerprint density at radius 3 is 2.00 bits per heavy atom. The monoisotopic (exact) mass is 143 g/mol. The molecule has 1 atom stereocenters. The molecule has 0 aliphatic carbocycles. The van der Waals surface area contributed by atoms with Gasteiger partial charge in [-0.3, -0.25) is 0 Å². The van der Waals surface area contributed by atoms with E-state index in [2.05, 4.69) is 0 Å². The van der Waals surface area contributed by atoms with E-state index in [1.807, 2.05) is 0 Å². The molecule has 0 spiro atoms. The Hall–Kier alpha value is -0.830. The van der Waals surface area contributed by atoms with Gasteiger partial charge in [-0.15, -0.1) is 0 Å². The molecule has 3 heteroatoms. The van der Waals surface area contributed by atoms with E-state index in [1.165, 1.54) is 0 Å². The summed E-state index contributed by atoms with van der Waals surface area (Å²) in [7, 11) is 0. The van der Waals surface area contributed by atoms with Crippen molar-refractivity contribution < 1.29 is 9.90 Å². The van der Waals surface area contributed by atoms with Gasteiger partial charge in [0.2, 0.25) is 0 Å². The number of hydrogen-bond donors (Lipinski definition) is 2. The Labute approximate surface area is 60.5 Å². The molecule has 1 unspecified atom stereocenters. The third-order valence-electron chi connectivity index (χ3n) is 1.60. The van der Waals surface area contributed by atoms with E-state index < -0.39 is 5.97 Å². The highest BCUT2D eigenvalue weighted by molar-refractivity contribution is 5.86. The minimum absolute atomic E-state index is 0.170. The fraction of sp³-hybridized carbons (Fsp3) is 0.571. The summed E-state index contributed by atoms with van der Waals surface area (Å²) in [5.41, 5.74) is 6.53. The Bertz CT molecular complexity index is 170. The molecular weight excluding hydrogens is 130 g/mol. The average molecular weight is 143 g/mol. The molecule has 0 aromatic rings. The highest BCUT2D eigenvalue weighted by Crippen LogP contribution is 2.05. The molecule has 0 bridgehead atoms. The molecule has 0 amide bonds. The van der Waals surface area contributed by atoms with E-state index in [0.29, 0.717) is 5.57 Å². The number of carboxylic acid groups (broad SMARTS) is 1. The second-order valence-corrected chi connectivity index (χ2v) is 2.40. The van der Waals surface area contributed by atoms with Crippen molar-refractivity contribution in [1.29, 1.82) is 0 Å². The highest BCUT2D eigenvalue weighted by Gasteiger charge is 2.07. The zero-order valence-corrected chi connectivity index (χ0v) is 6.51. The van der Waals surface area contributed by atoms with Gasteiger partial charge < -0.3 is 10.8 Å². The van der Waals surface area contributed by atoms with Crippen LogP contribution in [0.4, 0.5) is 0 Å². The van der Waals surface area contributed by atoms with Crippen molar-refractivity contribution in [2.24, 2.45) is 5.73 Å². The number of carbonyl (C=O) groups is 1. The van der Waals surface area contributed by atoms with Gasteiger partial charge >= 0.3 is 5.97 Å². The fourth-order valence-corrected chi connectivity index (χ4v) is 0.510. The first-order valence-electron chi connectivity index (χ1n) is 3.13. The van der Waals surface area contributed by atoms with Gasteiger partial charge in [-0.05, 0) is 26.3 Å². The largest absolute Gasteiger partial charge is 0.478 e. The third-order valence-corrected chi connectivity index (χ3v) is 1.60. The van der Waals surface area contributed by atoms with Crippen LogP contribution in [0.5, 0.6) is 0 Å². The summed E-state index contributed by atoms with van der Waals surface area (Å²) < 4.78 is 0. The molecule has 58 valence electrons. The average Bonchev–Trinajstić information content (AvgIpc) is 1.84. The molecule has 10 heavy (non-hydrogen) atoms. The van der Waals surface area contributed by atoms with Crippen molar-refractivity contribution in [2.75, 3.05) is 0 Å². The van der Waals surface area contributed by atoms with E-state index in [4.69, 9.17) is 10.8 Å². The van der Waals surface area contributed by atoms with Crippen LogP contribution >= 0.6 is 0 Å². The summed E-state index contributed by atoms with van der Waals surface area (Å²) in [5, 5.41) is 8.49.